The van der Waals surface area contributed by atoms with E-state index in [0.29, 0.717) is 55.8 Å². The number of aliphatic hydroxyl groups excluding tert-OH is 3. The van der Waals surface area contributed by atoms with E-state index in [0.717, 1.165) is 63.5 Å². The van der Waals surface area contributed by atoms with Crippen molar-refractivity contribution in [2.75, 3.05) is 93.5 Å². The van der Waals surface area contributed by atoms with E-state index in [1.54, 1.807) is 0 Å². The van der Waals surface area contributed by atoms with Gasteiger partial charge in [-0.05, 0) is 38.5 Å². The molecule has 4 N–H and O–H groups in total. The second-order valence-corrected chi connectivity index (χ2v) is 9.23. The number of nitrogens with zero attached hydrogens (tertiary/aromatic N) is 7. The van der Waals surface area contributed by atoms with Crippen LogP contribution in [0, 0.1) is 0 Å². The minimum atomic E-state index is -0.0625. The number of hydrogen-bond acceptors (Lipinski definition) is 12. The highest BCUT2D eigenvalue weighted by Gasteiger charge is 2.26. The van der Waals surface area contributed by atoms with Crippen LogP contribution < -0.4 is 24.8 Å². The molecule has 0 unspecified atom stereocenters. The Bertz CT molecular complexity index is 947. The van der Waals surface area contributed by atoms with E-state index in [4.69, 9.17) is 29.8 Å². The summed E-state index contributed by atoms with van der Waals surface area (Å²) in [5.41, 5.74) is 1.34. The zero-order valence-corrected chi connectivity index (χ0v) is 21.1. The lowest BCUT2D eigenvalue weighted by Gasteiger charge is -2.32. The van der Waals surface area contributed by atoms with Crippen molar-refractivity contribution >= 4 is 28.6 Å². The molecular formula is C24H40N8O4. The molecule has 2 aromatic rings. The van der Waals surface area contributed by atoms with E-state index in [-0.39, 0.29) is 19.8 Å². The molecule has 36 heavy (non-hydrogen) atoms. The Morgan fingerprint density at radius 1 is 0.694 bits per heavy atom. The third-order valence-corrected chi connectivity index (χ3v) is 6.61. The summed E-state index contributed by atoms with van der Waals surface area (Å²) in [6, 6.07) is 0.297. The number of nitrogens with one attached hydrogen (secondary N) is 1. The molecule has 12 nitrogen and oxygen atoms in total. The summed E-state index contributed by atoms with van der Waals surface area (Å²) >= 11 is 0. The van der Waals surface area contributed by atoms with Crippen molar-refractivity contribution in [1.29, 1.82) is 0 Å². The van der Waals surface area contributed by atoms with Crippen LogP contribution in [0.15, 0.2) is 0 Å². The predicted molar refractivity (Wildman–Crippen MR) is 139 cm³/mol. The summed E-state index contributed by atoms with van der Waals surface area (Å²) in [5.74, 6) is 1.96. The van der Waals surface area contributed by atoms with Gasteiger partial charge in [-0.2, -0.15) is 15.0 Å². The number of aliphatic hydroxyl groups is 3. The third-order valence-electron chi connectivity index (χ3n) is 6.61. The number of hydrogen-bond donors (Lipinski definition) is 4. The molecule has 0 aliphatic carbocycles. The molecule has 4 heterocycles. The van der Waals surface area contributed by atoms with Crippen molar-refractivity contribution in [3.05, 3.63) is 0 Å². The lowest BCUT2D eigenvalue weighted by atomic mass is 10.1. The zero-order chi connectivity index (χ0) is 25.2. The lowest BCUT2D eigenvalue weighted by molar-refractivity contribution is 0.267. The fraction of sp³-hybridized carbons (Fsp3) is 0.750. The first kappa shape index (κ1) is 26.5. The van der Waals surface area contributed by atoms with Gasteiger partial charge in [-0.1, -0.05) is 0 Å². The molecule has 0 saturated carbocycles. The SMILES string of the molecule is OCCNCCOc1nc(N2CCCCC2)c2nc(N(CCO)CCO)nc(N3CCCCC3)c2n1. The Hall–Kier alpha value is -2.54. The summed E-state index contributed by atoms with van der Waals surface area (Å²) in [6.07, 6.45) is 6.73. The summed E-state index contributed by atoms with van der Waals surface area (Å²) in [4.78, 5) is 25.8. The van der Waals surface area contributed by atoms with Crippen molar-refractivity contribution in [2.45, 2.75) is 38.5 Å². The molecule has 12 heteroatoms. The minimum absolute atomic E-state index is 0.0625. The van der Waals surface area contributed by atoms with Crippen LogP contribution in [0.5, 0.6) is 6.01 Å². The van der Waals surface area contributed by atoms with Crippen molar-refractivity contribution in [3.8, 4) is 6.01 Å². The summed E-state index contributed by atoms with van der Waals surface area (Å²) < 4.78 is 5.95. The monoisotopic (exact) mass is 504 g/mol. The molecule has 0 atom stereocenters. The van der Waals surface area contributed by atoms with E-state index in [9.17, 15) is 10.2 Å². The number of rotatable bonds is 13. The van der Waals surface area contributed by atoms with Crippen LogP contribution in [0.4, 0.5) is 17.6 Å². The summed E-state index contributed by atoms with van der Waals surface area (Å²) in [7, 11) is 0. The first-order valence-corrected chi connectivity index (χ1v) is 13.3. The number of piperidine rings is 2. The van der Waals surface area contributed by atoms with E-state index < -0.39 is 0 Å². The maximum Gasteiger partial charge on any atom is 0.319 e. The molecule has 2 aromatic heterocycles. The second kappa shape index (κ2) is 13.7. The normalized spacial score (nSPS) is 16.5. The number of ether oxygens (including phenoxy) is 1. The van der Waals surface area contributed by atoms with E-state index in [1.165, 1.54) is 12.8 Å². The smallest absolute Gasteiger partial charge is 0.319 e. The van der Waals surface area contributed by atoms with Crippen LogP contribution in [-0.2, 0) is 0 Å². The minimum Gasteiger partial charge on any atom is -0.462 e. The van der Waals surface area contributed by atoms with E-state index in [2.05, 4.69) is 15.1 Å². The molecule has 2 saturated heterocycles. The van der Waals surface area contributed by atoms with Crippen LogP contribution >= 0.6 is 0 Å². The fourth-order valence-electron chi connectivity index (χ4n) is 4.78. The van der Waals surface area contributed by atoms with Gasteiger partial charge in [0, 0.05) is 52.4 Å². The van der Waals surface area contributed by atoms with Crippen molar-refractivity contribution in [3.63, 3.8) is 0 Å². The Kier molecular flexibility index (Phi) is 10.1. The fourth-order valence-corrected chi connectivity index (χ4v) is 4.78. The van der Waals surface area contributed by atoms with Gasteiger partial charge in [0.15, 0.2) is 11.6 Å². The van der Waals surface area contributed by atoms with E-state index >= 15 is 0 Å². The molecule has 0 amide bonds. The third kappa shape index (κ3) is 6.61. The topological polar surface area (TPSA) is 143 Å². The standard InChI is InChI=1S/C24H40N8O4/c33-15-7-25-8-18-36-24-27-20-19(22(29-24)31-11-5-2-6-12-31)26-23(32(13-16-34)14-17-35)28-21(20)30-9-3-1-4-10-30/h25,33-35H,1-18H2. The van der Waals surface area contributed by atoms with Gasteiger partial charge in [0.25, 0.3) is 0 Å². The van der Waals surface area contributed by atoms with E-state index in [1.807, 2.05) is 4.90 Å². The van der Waals surface area contributed by atoms with Crippen LogP contribution in [0.1, 0.15) is 38.5 Å². The van der Waals surface area contributed by atoms with Crippen LogP contribution in [-0.4, -0.2) is 114 Å². The molecule has 0 aromatic carbocycles. The Morgan fingerprint density at radius 2 is 1.28 bits per heavy atom. The molecule has 0 bridgehead atoms. The quantitative estimate of drug-likeness (QED) is 0.276. The maximum atomic E-state index is 9.63. The van der Waals surface area contributed by atoms with Gasteiger partial charge in [0.2, 0.25) is 5.95 Å². The van der Waals surface area contributed by atoms with Crippen LogP contribution in [0.2, 0.25) is 0 Å². The number of anilines is 3. The molecule has 4 rings (SSSR count). The maximum absolute atomic E-state index is 9.63. The molecule has 0 radical (unpaired) electrons. The predicted octanol–water partition coefficient (Wildman–Crippen LogP) is 0.152. The highest BCUT2D eigenvalue weighted by molar-refractivity contribution is 5.94. The molecule has 2 aliphatic rings. The molecule has 0 spiro atoms. The van der Waals surface area contributed by atoms with Crippen LogP contribution in [0.25, 0.3) is 11.0 Å². The molecule has 2 aliphatic heterocycles. The Balaban J connectivity index is 1.80. The largest absolute Gasteiger partial charge is 0.462 e. The Morgan fingerprint density at radius 3 is 1.86 bits per heavy atom. The van der Waals surface area contributed by atoms with Gasteiger partial charge in [0.1, 0.15) is 17.6 Å². The molecular weight excluding hydrogens is 464 g/mol. The Labute approximate surface area is 212 Å². The molecule has 2 fully saturated rings. The second-order valence-electron chi connectivity index (χ2n) is 9.23. The number of aromatic nitrogens is 4. The van der Waals surface area contributed by atoms with Gasteiger partial charge in [-0.3, -0.25) is 0 Å². The number of fused-ring (bicyclic) bond motifs is 1. The highest BCUT2D eigenvalue weighted by atomic mass is 16.5. The average Bonchev–Trinajstić information content (AvgIpc) is 2.93. The first-order valence-electron chi connectivity index (χ1n) is 13.3. The average molecular weight is 505 g/mol. The molecule has 200 valence electrons. The highest BCUT2D eigenvalue weighted by Crippen LogP contribution is 2.34. The summed E-state index contributed by atoms with van der Waals surface area (Å²) in [6.45, 7) is 5.62. The van der Waals surface area contributed by atoms with Crippen molar-refractivity contribution < 1.29 is 20.1 Å². The van der Waals surface area contributed by atoms with Gasteiger partial charge in [-0.25, -0.2) is 4.98 Å². The zero-order valence-electron chi connectivity index (χ0n) is 21.1. The van der Waals surface area contributed by atoms with Crippen molar-refractivity contribution in [1.82, 2.24) is 25.3 Å². The first-order chi connectivity index (χ1) is 17.7. The summed E-state index contributed by atoms with van der Waals surface area (Å²) in [5, 5.41) is 31.3. The van der Waals surface area contributed by atoms with Crippen molar-refractivity contribution in [2.24, 2.45) is 0 Å². The van der Waals surface area contributed by atoms with Gasteiger partial charge in [0.05, 0.1) is 19.8 Å². The van der Waals surface area contributed by atoms with Gasteiger partial charge >= 0.3 is 6.01 Å². The van der Waals surface area contributed by atoms with Gasteiger partial charge in [-0.15, -0.1) is 0 Å². The van der Waals surface area contributed by atoms with Crippen LogP contribution in [0.3, 0.4) is 0 Å². The lowest BCUT2D eigenvalue weighted by Crippen LogP contribution is -2.35. The van der Waals surface area contributed by atoms with Gasteiger partial charge < -0.3 is 40.1 Å².